The summed E-state index contributed by atoms with van der Waals surface area (Å²) in [7, 11) is 4.44. The van der Waals surface area contributed by atoms with Crippen LogP contribution in [0.1, 0.15) is 13.8 Å². The molecule has 9 heavy (non-hydrogen) atoms. The van der Waals surface area contributed by atoms with Crippen LogP contribution in [0.25, 0.3) is 0 Å². The van der Waals surface area contributed by atoms with Crippen molar-refractivity contribution in [2.45, 2.75) is 13.8 Å². The number of rotatable bonds is 4. The van der Waals surface area contributed by atoms with Gasteiger partial charge in [0.05, 0.1) is 0 Å². The van der Waals surface area contributed by atoms with Gasteiger partial charge in [-0.15, -0.1) is 0 Å². The average Bonchev–Trinajstić information content (AvgIpc) is 1.87. The van der Waals surface area contributed by atoms with Crippen molar-refractivity contribution in [3.05, 3.63) is 0 Å². The van der Waals surface area contributed by atoms with E-state index in [1.54, 1.807) is 0 Å². The monoisotopic (exact) mass is 296 g/mol. The fourth-order valence-corrected chi connectivity index (χ4v) is 3.54. The molecular weight excluding hydrogens is 279 g/mol. The van der Waals surface area contributed by atoms with E-state index in [2.05, 4.69) is 33.7 Å². The van der Waals surface area contributed by atoms with E-state index in [4.69, 9.17) is 0 Å². The Kier molecular flexibility index (Phi) is 6.05. The summed E-state index contributed by atoms with van der Waals surface area (Å²) in [5, 5.41) is 0. The summed E-state index contributed by atoms with van der Waals surface area (Å²) in [5.41, 5.74) is 0. The second-order valence-electron chi connectivity index (χ2n) is 2.13. The fraction of sp³-hybridized carbons (Fsp3) is 1.00. The zero-order chi connectivity index (χ0) is 7.28. The van der Waals surface area contributed by atoms with Crippen molar-refractivity contribution in [1.82, 2.24) is 5.78 Å². The zero-order valence-corrected chi connectivity index (χ0v) is 10.4. The van der Waals surface area contributed by atoms with Crippen molar-refractivity contribution >= 4 is 0 Å². The Morgan fingerprint density at radius 2 is 1.33 bits per heavy atom. The van der Waals surface area contributed by atoms with Gasteiger partial charge in [0.25, 0.3) is 0 Å². The van der Waals surface area contributed by atoms with Crippen LogP contribution in [0, 0.1) is 0 Å². The van der Waals surface area contributed by atoms with E-state index < -0.39 is 23.5 Å². The van der Waals surface area contributed by atoms with Crippen LogP contribution in [0.3, 0.4) is 0 Å². The van der Waals surface area contributed by atoms with Crippen LogP contribution < -0.4 is 0 Å². The van der Waals surface area contributed by atoms with Crippen LogP contribution in [-0.4, -0.2) is 33.0 Å². The molecule has 0 unspecified atom stereocenters. The molecule has 0 rings (SSSR count). The Hall–Kier alpha value is 0.790. The van der Waals surface area contributed by atoms with Crippen molar-refractivity contribution < 1.29 is 23.5 Å². The maximum absolute atomic E-state index is 2.48. The van der Waals surface area contributed by atoms with E-state index in [1.165, 1.54) is 13.1 Å². The predicted molar refractivity (Wildman–Crippen MR) is 36.6 cm³/mol. The second-order valence-corrected chi connectivity index (χ2v) is 8.33. The summed E-state index contributed by atoms with van der Waals surface area (Å²) < 4.78 is 4.95. The van der Waals surface area contributed by atoms with Crippen molar-refractivity contribution in [1.29, 1.82) is 0 Å². The van der Waals surface area contributed by atoms with E-state index >= 15 is 0 Å². The molecule has 0 amide bonds. The van der Waals surface area contributed by atoms with Crippen molar-refractivity contribution in [2.24, 2.45) is 0 Å². The molecule has 0 aliphatic carbocycles. The van der Waals surface area contributed by atoms with Crippen molar-refractivity contribution in [3.8, 4) is 0 Å². The molecule has 0 aliphatic rings. The first kappa shape index (κ1) is 9.79. The number of hydrogen-bond donors (Lipinski definition) is 0. The van der Waals surface area contributed by atoms with Gasteiger partial charge in [-0.3, -0.25) is 0 Å². The molecule has 2 nitrogen and oxygen atoms in total. The summed E-state index contributed by atoms with van der Waals surface area (Å²) in [5.74, 6) is 0. The van der Waals surface area contributed by atoms with Gasteiger partial charge in [-0.05, 0) is 0 Å². The SMILES string of the molecule is CC[N](C)[Hf][N](C)CC. The van der Waals surface area contributed by atoms with Gasteiger partial charge in [0.15, 0.2) is 0 Å². The zero-order valence-electron chi connectivity index (χ0n) is 6.81. The maximum atomic E-state index is 2.48. The van der Waals surface area contributed by atoms with Crippen molar-refractivity contribution in [3.63, 3.8) is 0 Å². The fourth-order valence-electron chi connectivity index (χ4n) is 0.433. The minimum atomic E-state index is -0.533. The van der Waals surface area contributed by atoms with Crippen LogP contribution in [0.2, 0.25) is 0 Å². The quantitative estimate of drug-likeness (QED) is 0.708. The van der Waals surface area contributed by atoms with E-state index in [0.717, 1.165) is 0 Å². The molecule has 3 heteroatoms. The van der Waals surface area contributed by atoms with Gasteiger partial charge in [0, 0.05) is 0 Å². The van der Waals surface area contributed by atoms with Crippen LogP contribution in [-0.2, 0) is 23.5 Å². The van der Waals surface area contributed by atoms with Gasteiger partial charge in [-0.1, -0.05) is 0 Å². The van der Waals surface area contributed by atoms with Gasteiger partial charge in [0.1, 0.15) is 0 Å². The van der Waals surface area contributed by atoms with Crippen LogP contribution in [0.15, 0.2) is 0 Å². The number of hydrogen-bond acceptors (Lipinski definition) is 2. The second kappa shape index (κ2) is 5.57. The molecule has 0 atom stereocenters. The molecule has 54 valence electrons. The molecule has 0 saturated heterocycles. The third-order valence-electron chi connectivity index (χ3n) is 1.29. The molecule has 0 aromatic heterocycles. The first-order valence-electron chi connectivity index (χ1n) is 3.39. The molecule has 0 radical (unpaired) electrons. The first-order valence-corrected chi connectivity index (χ1v) is 6.60. The van der Waals surface area contributed by atoms with Gasteiger partial charge in [-0.2, -0.15) is 0 Å². The predicted octanol–water partition coefficient (Wildman–Crippen LogP) is 0.802. The molecular formula is C6H16HfN2. The van der Waals surface area contributed by atoms with Gasteiger partial charge >= 0.3 is 70.3 Å². The van der Waals surface area contributed by atoms with E-state index in [0.29, 0.717) is 0 Å². The Bertz CT molecular complexity index is 60.1. The Morgan fingerprint density at radius 3 is 1.56 bits per heavy atom. The van der Waals surface area contributed by atoms with Gasteiger partial charge in [-0.25, -0.2) is 0 Å². The Balaban J connectivity index is 3.22. The molecule has 0 aliphatic heterocycles. The normalized spacial score (nSPS) is 10.9. The van der Waals surface area contributed by atoms with Gasteiger partial charge in [0.2, 0.25) is 0 Å². The Labute approximate surface area is 70.4 Å². The summed E-state index contributed by atoms with van der Waals surface area (Å²) in [6, 6.07) is 0. The van der Waals surface area contributed by atoms with E-state index in [9.17, 15) is 0 Å². The Morgan fingerprint density at radius 1 is 1.00 bits per heavy atom. The third-order valence-corrected chi connectivity index (χ3v) is 6.02. The summed E-state index contributed by atoms with van der Waals surface area (Å²) in [6.07, 6.45) is 0. The van der Waals surface area contributed by atoms with E-state index in [-0.39, 0.29) is 0 Å². The minimum absolute atomic E-state index is 0.533. The van der Waals surface area contributed by atoms with E-state index in [1.807, 2.05) is 0 Å². The van der Waals surface area contributed by atoms with Crippen LogP contribution in [0.5, 0.6) is 0 Å². The molecule has 0 bridgehead atoms. The average molecular weight is 295 g/mol. The molecule has 0 aromatic rings. The van der Waals surface area contributed by atoms with Crippen LogP contribution in [0.4, 0.5) is 0 Å². The summed E-state index contributed by atoms with van der Waals surface area (Å²) >= 11 is -0.533. The molecule has 0 spiro atoms. The molecule has 0 saturated carbocycles. The number of nitrogens with zero attached hydrogens (tertiary/aromatic N) is 2. The molecule has 0 fully saturated rings. The molecule has 0 aromatic carbocycles. The molecule has 0 heterocycles. The first-order chi connectivity index (χ1) is 4.20. The standard InChI is InChI=1S/2C3H8N.Hf/c2*1-3-4-2;/h2*3H2,1-2H3;/q2*-1;+2. The topological polar surface area (TPSA) is 6.48 Å². The van der Waals surface area contributed by atoms with Gasteiger partial charge < -0.3 is 0 Å². The molecule has 0 N–H and O–H groups in total. The summed E-state index contributed by atoms with van der Waals surface area (Å²) in [4.78, 5) is 0. The van der Waals surface area contributed by atoms with Crippen molar-refractivity contribution in [2.75, 3.05) is 27.2 Å². The van der Waals surface area contributed by atoms with Crippen LogP contribution >= 0.6 is 0 Å². The summed E-state index contributed by atoms with van der Waals surface area (Å²) in [6.45, 7) is 6.87. The third kappa shape index (κ3) is 5.25.